The minimum absolute atomic E-state index is 0.341. The van der Waals surface area contributed by atoms with Gasteiger partial charge in [-0.05, 0) is 12.5 Å². The van der Waals surface area contributed by atoms with E-state index in [9.17, 15) is 4.79 Å². The van der Waals surface area contributed by atoms with Gasteiger partial charge in [-0.2, -0.15) is 4.57 Å². The number of rotatable bonds is 18. The highest BCUT2D eigenvalue weighted by Crippen LogP contribution is 2.13. The molecule has 0 atom stereocenters. The molecule has 3 nitrogen and oxygen atoms in total. The van der Waals surface area contributed by atoms with Crippen LogP contribution < -0.4 is 10.3 Å². The fourth-order valence-electron chi connectivity index (χ4n) is 3.73. The number of aryl methyl sites for hydroxylation is 1. The molecular formula is C24H43N2O+. The second-order valence-electron chi connectivity index (χ2n) is 7.95. The summed E-state index contributed by atoms with van der Waals surface area (Å²) < 4.78 is 1.98. The van der Waals surface area contributed by atoms with E-state index < -0.39 is 0 Å². The fraction of sp³-hybridized carbons (Fsp3) is 0.750. The van der Waals surface area contributed by atoms with Crippen LogP contribution >= 0.6 is 0 Å². The van der Waals surface area contributed by atoms with Crippen LogP contribution in [0.5, 0.6) is 0 Å². The quantitative estimate of drug-likeness (QED) is 0.236. The van der Waals surface area contributed by atoms with Crippen molar-refractivity contribution < 1.29 is 9.36 Å². The molecule has 3 heteroatoms. The first kappa shape index (κ1) is 23.7. The Morgan fingerprint density at radius 3 is 1.63 bits per heavy atom. The summed E-state index contributed by atoms with van der Waals surface area (Å²) in [5, 5.41) is 0. The van der Waals surface area contributed by atoms with Crippen molar-refractivity contribution in [2.45, 2.75) is 116 Å². The first-order chi connectivity index (χ1) is 13.3. The SMILES string of the molecule is CCCCCCCCCCCCCCCCCC[n+]1ccccc1C(N)=O. The number of nitrogens with zero attached hydrogens (tertiary/aromatic N) is 1. The van der Waals surface area contributed by atoms with Crippen LogP contribution in [0.1, 0.15) is 120 Å². The molecule has 0 radical (unpaired) electrons. The summed E-state index contributed by atoms with van der Waals surface area (Å²) in [6.07, 6.45) is 24.0. The van der Waals surface area contributed by atoms with Crippen LogP contribution in [-0.4, -0.2) is 5.91 Å². The van der Waals surface area contributed by atoms with Crippen molar-refractivity contribution in [1.29, 1.82) is 0 Å². The van der Waals surface area contributed by atoms with Crippen LogP contribution in [0.25, 0.3) is 0 Å². The molecule has 27 heavy (non-hydrogen) atoms. The van der Waals surface area contributed by atoms with Gasteiger partial charge < -0.3 is 5.73 Å². The van der Waals surface area contributed by atoms with Crippen LogP contribution in [0, 0.1) is 0 Å². The normalized spacial score (nSPS) is 11.0. The van der Waals surface area contributed by atoms with Crippen LogP contribution in [0.4, 0.5) is 0 Å². The average molecular weight is 376 g/mol. The van der Waals surface area contributed by atoms with E-state index in [-0.39, 0.29) is 5.91 Å². The highest BCUT2D eigenvalue weighted by molar-refractivity contribution is 5.89. The molecule has 1 amide bonds. The van der Waals surface area contributed by atoms with E-state index in [1.54, 1.807) is 6.07 Å². The first-order valence-electron chi connectivity index (χ1n) is 11.5. The van der Waals surface area contributed by atoms with Gasteiger partial charge in [-0.15, -0.1) is 0 Å². The van der Waals surface area contributed by atoms with E-state index >= 15 is 0 Å². The largest absolute Gasteiger partial charge is 0.360 e. The maximum Gasteiger partial charge on any atom is 0.313 e. The molecule has 1 heterocycles. The predicted octanol–water partition coefficient (Wildman–Crippen LogP) is 6.33. The Bertz CT molecular complexity index is 487. The van der Waals surface area contributed by atoms with Crippen molar-refractivity contribution in [2.75, 3.05) is 0 Å². The number of primary amides is 1. The van der Waals surface area contributed by atoms with E-state index in [2.05, 4.69) is 6.92 Å². The lowest BCUT2D eigenvalue weighted by atomic mass is 10.0. The zero-order valence-electron chi connectivity index (χ0n) is 17.8. The van der Waals surface area contributed by atoms with Crippen LogP contribution in [0.3, 0.4) is 0 Å². The molecule has 0 aromatic carbocycles. The Morgan fingerprint density at radius 2 is 1.19 bits per heavy atom. The van der Waals surface area contributed by atoms with E-state index in [1.807, 2.05) is 22.9 Å². The molecule has 2 N–H and O–H groups in total. The molecule has 0 saturated heterocycles. The zero-order chi connectivity index (χ0) is 19.6. The Morgan fingerprint density at radius 1 is 0.741 bits per heavy atom. The number of pyridine rings is 1. The molecule has 1 rings (SSSR count). The minimum Gasteiger partial charge on any atom is -0.360 e. The topological polar surface area (TPSA) is 47.0 Å². The molecule has 0 bridgehead atoms. The van der Waals surface area contributed by atoms with Gasteiger partial charge in [0.15, 0.2) is 6.20 Å². The van der Waals surface area contributed by atoms with Crippen molar-refractivity contribution in [2.24, 2.45) is 5.73 Å². The summed E-state index contributed by atoms with van der Waals surface area (Å²) in [6, 6.07) is 5.62. The third kappa shape index (κ3) is 12.6. The van der Waals surface area contributed by atoms with Crippen molar-refractivity contribution in [3.05, 3.63) is 30.1 Å². The van der Waals surface area contributed by atoms with Gasteiger partial charge in [-0.25, -0.2) is 0 Å². The van der Waals surface area contributed by atoms with Crippen LogP contribution in [-0.2, 0) is 6.54 Å². The van der Waals surface area contributed by atoms with Gasteiger partial charge in [-0.1, -0.05) is 96.8 Å². The molecule has 0 aliphatic rings. The Kier molecular flexibility index (Phi) is 14.7. The molecule has 1 aromatic rings. The summed E-state index contributed by atoms with van der Waals surface area (Å²) in [6.45, 7) is 3.17. The number of aromatic nitrogens is 1. The molecule has 1 aromatic heterocycles. The predicted molar refractivity (Wildman–Crippen MR) is 115 cm³/mol. The average Bonchev–Trinajstić information content (AvgIpc) is 2.68. The van der Waals surface area contributed by atoms with Gasteiger partial charge in [0, 0.05) is 18.6 Å². The summed E-state index contributed by atoms with van der Waals surface area (Å²) in [5.41, 5.74) is 6.03. The molecule has 0 unspecified atom stereocenters. The van der Waals surface area contributed by atoms with E-state index in [1.165, 1.54) is 96.3 Å². The highest BCUT2D eigenvalue weighted by atomic mass is 16.1. The Hall–Kier alpha value is -1.38. The monoisotopic (exact) mass is 375 g/mol. The lowest BCUT2D eigenvalue weighted by Crippen LogP contribution is -2.42. The molecule has 0 aliphatic carbocycles. The number of unbranched alkanes of at least 4 members (excludes halogenated alkanes) is 15. The number of carbonyl (C=O) groups excluding carboxylic acids is 1. The van der Waals surface area contributed by atoms with E-state index in [0.717, 1.165) is 13.0 Å². The molecule has 0 fully saturated rings. The zero-order valence-corrected chi connectivity index (χ0v) is 17.8. The molecular weight excluding hydrogens is 332 g/mol. The summed E-state index contributed by atoms with van der Waals surface area (Å²) in [5.74, 6) is -0.341. The smallest absolute Gasteiger partial charge is 0.313 e. The van der Waals surface area contributed by atoms with Gasteiger partial charge in [0.05, 0.1) is 0 Å². The van der Waals surface area contributed by atoms with Crippen molar-refractivity contribution >= 4 is 5.91 Å². The highest BCUT2D eigenvalue weighted by Gasteiger charge is 2.14. The van der Waals surface area contributed by atoms with Crippen molar-refractivity contribution in [3.63, 3.8) is 0 Å². The Balaban J connectivity index is 1.85. The van der Waals surface area contributed by atoms with Gasteiger partial charge >= 0.3 is 5.91 Å². The maximum atomic E-state index is 11.4. The number of carbonyl (C=O) groups is 1. The first-order valence-corrected chi connectivity index (χ1v) is 11.5. The standard InChI is InChI=1S/C24H42N2O/c1-2-3-4-5-6-7-8-9-10-11-12-13-14-15-16-18-21-26-22-19-17-20-23(26)24(25)27/h17,19-20,22H,2-16,18,21H2,1H3,(H-,25,27)/p+1. The number of nitrogens with two attached hydrogens (primary N) is 1. The summed E-state index contributed by atoms with van der Waals surface area (Å²) >= 11 is 0. The lowest BCUT2D eigenvalue weighted by molar-refractivity contribution is -0.699. The van der Waals surface area contributed by atoms with E-state index in [0.29, 0.717) is 5.69 Å². The maximum absolute atomic E-state index is 11.4. The third-order valence-electron chi connectivity index (χ3n) is 5.45. The number of hydrogen-bond donors (Lipinski definition) is 1. The minimum atomic E-state index is -0.341. The fourth-order valence-corrected chi connectivity index (χ4v) is 3.73. The Labute approximate surface area is 167 Å². The second kappa shape index (κ2) is 16.8. The van der Waals surface area contributed by atoms with E-state index in [4.69, 9.17) is 5.73 Å². The van der Waals surface area contributed by atoms with Crippen molar-refractivity contribution in [3.8, 4) is 0 Å². The molecule has 154 valence electrons. The molecule has 0 aliphatic heterocycles. The van der Waals surface area contributed by atoms with Crippen LogP contribution in [0.2, 0.25) is 0 Å². The molecule has 0 saturated carbocycles. The van der Waals surface area contributed by atoms with Gasteiger partial charge in [0.1, 0.15) is 6.54 Å². The lowest BCUT2D eigenvalue weighted by Gasteiger charge is -2.04. The summed E-state index contributed by atoms with van der Waals surface area (Å²) in [4.78, 5) is 11.4. The summed E-state index contributed by atoms with van der Waals surface area (Å²) in [7, 11) is 0. The second-order valence-corrected chi connectivity index (χ2v) is 7.95. The number of amides is 1. The van der Waals surface area contributed by atoms with Crippen molar-refractivity contribution in [1.82, 2.24) is 0 Å². The van der Waals surface area contributed by atoms with Gasteiger partial charge in [-0.3, -0.25) is 4.79 Å². The molecule has 0 spiro atoms. The third-order valence-corrected chi connectivity index (χ3v) is 5.45. The van der Waals surface area contributed by atoms with Gasteiger partial charge in [0.2, 0.25) is 0 Å². The van der Waals surface area contributed by atoms with Crippen LogP contribution in [0.15, 0.2) is 24.4 Å². The number of hydrogen-bond acceptors (Lipinski definition) is 1. The van der Waals surface area contributed by atoms with Gasteiger partial charge in [0.25, 0.3) is 5.69 Å².